The second kappa shape index (κ2) is 6.74. The third-order valence-electron chi connectivity index (χ3n) is 3.07. The summed E-state index contributed by atoms with van der Waals surface area (Å²) in [5, 5.41) is 17.6. The number of unbranched alkanes of at least 4 members (excludes halogenated alkanes) is 1. The van der Waals surface area contributed by atoms with Crippen molar-refractivity contribution in [2.45, 2.75) is 49.7 Å². The summed E-state index contributed by atoms with van der Waals surface area (Å²) in [5.74, 6) is 0.210. The van der Waals surface area contributed by atoms with Gasteiger partial charge in [-0.05, 0) is 25.7 Å². The van der Waals surface area contributed by atoms with Crippen molar-refractivity contribution >= 4 is 23.6 Å². The number of aromatic nitrogens is 3. The van der Waals surface area contributed by atoms with Crippen molar-refractivity contribution in [2.24, 2.45) is 5.73 Å². The summed E-state index contributed by atoms with van der Waals surface area (Å²) < 4.78 is 1.99. The molecule has 1 amide bonds. The van der Waals surface area contributed by atoms with Crippen LogP contribution in [0, 0.1) is 0 Å². The number of carboxylic acids is 1. The molecule has 7 nitrogen and oxygen atoms in total. The van der Waals surface area contributed by atoms with E-state index in [1.165, 1.54) is 11.8 Å². The summed E-state index contributed by atoms with van der Waals surface area (Å²) >= 11 is 1.18. The summed E-state index contributed by atoms with van der Waals surface area (Å²) in [6.45, 7) is 0.702. The topological polar surface area (TPSA) is 111 Å². The van der Waals surface area contributed by atoms with E-state index in [0.29, 0.717) is 24.0 Å². The molecule has 1 fully saturated rings. The molecule has 2 rings (SSSR count). The van der Waals surface area contributed by atoms with E-state index in [-0.39, 0.29) is 11.7 Å². The Hall–Kier alpha value is -1.57. The van der Waals surface area contributed by atoms with Crippen LogP contribution in [0.2, 0.25) is 0 Å². The molecule has 110 valence electrons. The molecule has 8 heteroatoms. The van der Waals surface area contributed by atoms with Gasteiger partial charge in [0.2, 0.25) is 5.91 Å². The minimum atomic E-state index is -0.869. The molecule has 0 radical (unpaired) electrons. The zero-order chi connectivity index (χ0) is 14.5. The van der Waals surface area contributed by atoms with Crippen molar-refractivity contribution in [3.63, 3.8) is 0 Å². The van der Waals surface area contributed by atoms with Gasteiger partial charge in [-0.2, -0.15) is 0 Å². The van der Waals surface area contributed by atoms with E-state index >= 15 is 0 Å². The number of hydrogen-bond acceptors (Lipinski definition) is 5. The molecule has 20 heavy (non-hydrogen) atoms. The molecular formula is C12H18N4O3S. The second-order valence-corrected chi connectivity index (χ2v) is 5.82. The van der Waals surface area contributed by atoms with Gasteiger partial charge < -0.3 is 15.4 Å². The van der Waals surface area contributed by atoms with E-state index in [1.807, 2.05) is 4.57 Å². The van der Waals surface area contributed by atoms with Crippen molar-refractivity contribution in [1.29, 1.82) is 0 Å². The fraction of sp³-hybridized carbons (Fsp3) is 0.667. The minimum Gasteiger partial charge on any atom is -0.481 e. The molecule has 1 aliphatic rings. The lowest BCUT2D eigenvalue weighted by Crippen LogP contribution is -2.11. The SMILES string of the molecule is NC(=O)CCCCn1c(SCC(=O)O)nnc1C1CC1. The Morgan fingerprint density at radius 1 is 1.35 bits per heavy atom. The average Bonchev–Trinajstić information content (AvgIpc) is 3.14. The maximum atomic E-state index is 10.7. The fourth-order valence-electron chi connectivity index (χ4n) is 1.96. The third-order valence-corrected chi connectivity index (χ3v) is 4.02. The molecule has 1 saturated carbocycles. The number of primary amides is 1. The van der Waals surface area contributed by atoms with Crippen molar-refractivity contribution in [1.82, 2.24) is 14.8 Å². The van der Waals surface area contributed by atoms with Gasteiger partial charge in [0.15, 0.2) is 5.16 Å². The van der Waals surface area contributed by atoms with Gasteiger partial charge in [-0.1, -0.05) is 11.8 Å². The van der Waals surface area contributed by atoms with Crippen molar-refractivity contribution in [2.75, 3.05) is 5.75 Å². The van der Waals surface area contributed by atoms with Crippen LogP contribution in [-0.2, 0) is 16.1 Å². The van der Waals surface area contributed by atoms with Gasteiger partial charge in [-0.25, -0.2) is 0 Å². The molecule has 3 N–H and O–H groups in total. The summed E-state index contributed by atoms with van der Waals surface area (Å²) in [7, 11) is 0. The predicted octanol–water partition coefficient (Wildman–Crippen LogP) is 0.988. The highest BCUT2D eigenvalue weighted by molar-refractivity contribution is 7.99. The first-order chi connectivity index (χ1) is 9.58. The molecule has 0 spiro atoms. The Kier molecular flexibility index (Phi) is 4.99. The average molecular weight is 298 g/mol. The first kappa shape index (κ1) is 14.8. The highest BCUT2D eigenvalue weighted by Gasteiger charge is 2.30. The third kappa shape index (κ3) is 4.22. The lowest BCUT2D eigenvalue weighted by atomic mass is 10.2. The zero-order valence-corrected chi connectivity index (χ0v) is 11.9. The molecule has 0 atom stereocenters. The Labute approximate surface area is 120 Å². The quantitative estimate of drug-likeness (QED) is 0.519. The molecule has 0 aromatic carbocycles. The number of carboxylic acid groups (broad SMARTS) is 1. The van der Waals surface area contributed by atoms with Crippen molar-refractivity contribution in [3.05, 3.63) is 5.82 Å². The van der Waals surface area contributed by atoms with Crippen LogP contribution in [0.3, 0.4) is 0 Å². The summed E-state index contributed by atoms with van der Waals surface area (Å²) in [5.41, 5.74) is 5.11. The predicted molar refractivity (Wildman–Crippen MR) is 73.4 cm³/mol. The van der Waals surface area contributed by atoms with E-state index in [0.717, 1.165) is 31.5 Å². The summed E-state index contributed by atoms with van der Waals surface area (Å²) in [6.07, 6.45) is 4.13. The number of rotatable bonds is 9. The normalized spacial score (nSPS) is 14.4. The lowest BCUT2D eigenvalue weighted by Gasteiger charge is -2.08. The molecule has 0 bridgehead atoms. The highest BCUT2D eigenvalue weighted by Crippen LogP contribution is 2.40. The van der Waals surface area contributed by atoms with Gasteiger partial charge in [-0.3, -0.25) is 9.59 Å². The van der Waals surface area contributed by atoms with Crippen LogP contribution < -0.4 is 5.73 Å². The first-order valence-electron chi connectivity index (χ1n) is 6.64. The molecule has 0 aliphatic heterocycles. The van der Waals surface area contributed by atoms with Gasteiger partial charge in [-0.15, -0.1) is 10.2 Å². The molecular weight excluding hydrogens is 280 g/mol. The number of carbonyl (C=O) groups excluding carboxylic acids is 1. The Morgan fingerprint density at radius 2 is 2.10 bits per heavy atom. The van der Waals surface area contributed by atoms with E-state index in [9.17, 15) is 9.59 Å². The van der Waals surface area contributed by atoms with Gasteiger partial charge in [0.05, 0.1) is 5.75 Å². The highest BCUT2D eigenvalue weighted by atomic mass is 32.2. The van der Waals surface area contributed by atoms with E-state index in [1.54, 1.807) is 0 Å². The number of amides is 1. The number of thioether (sulfide) groups is 1. The smallest absolute Gasteiger partial charge is 0.313 e. The van der Waals surface area contributed by atoms with Crippen LogP contribution in [0.4, 0.5) is 0 Å². The number of carbonyl (C=O) groups is 2. The number of aliphatic carboxylic acids is 1. The number of nitrogens with zero attached hydrogens (tertiary/aromatic N) is 3. The fourth-order valence-corrected chi connectivity index (χ4v) is 2.65. The number of nitrogens with two attached hydrogens (primary N) is 1. The Balaban J connectivity index is 1.96. The van der Waals surface area contributed by atoms with Crippen LogP contribution in [0.15, 0.2) is 5.16 Å². The van der Waals surface area contributed by atoms with Gasteiger partial charge in [0.25, 0.3) is 0 Å². The Bertz CT molecular complexity index is 499. The number of hydrogen-bond donors (Lipinski definition) is 2. The van der Waals surface area contributed by atoms with Crippen molar-refractivity contribution in [3.8, 4) is 0 Å². The van der Waals surface area contributed by atoms with Crippen LogP contribution in [0.5, 0.6) is 0 Å². The van der Waals surface area contributed by atoms with Crippen LogP contribution in [-0.4, -0.2) is 37.5 Å². The maximum Gasteiger partial charge on any atom is 0.313 e. The second-order valence-electron chi connectivity index (χ2n) is 4.87. The maximum absolute atomic E-state index is 10.7. The molecule has 1 heterocycles. The largest absolute Gasteiger partial charge is 0.481 e. The molecule has 0 unspecified atom stereocenters. The van der Waals surface area contributed by atoms with E-state index in [2.05, 4.69) is 10.2 Å². The van der Waals surface area contributed by atoms with Crippen LogP contribution in [0.25, 0.3) is 0 Å². The molecule has 1 aliphatic carbocycles. The van der Waals surface area contributed by atoms with Gasteiger partial charge >= 0.3 is 5.97 Å². The van der Waals surface area contributed by atoms with Crippen molar-refractivity contribution < 1.29 is 14.7 Å². The summed E-state index contributed by atoms with van der Waals surface area (Å²) in [6, 6.07) is 0. The molecule has 0 saturated heterocycles. The van der Waals surface area contributed by atoms with Crippen LogP contribution in [0.1, 0.15) is 43.8 Å². The molecule has 1 aromatic heterocycles. The lowest BCUT2D eigenvalue weighted by molar-refractivity contribution is -0.133. The molecule has 1 aromatic rings. The van der Waals surface area contributed by atoms with Gasteiger partial charge in [0, 0.05) is 18.9 Å². The van der Waals surface area contributed by atoms with Gasteiger partial charge in [0.1, 0.15) is 5.82 Å². The zero-order valence-electron chi connectivity index (χ0n) is 11.1. The van der Waals surface area contributed by atoms with E-state index in [4.69, 9.17) is 10.8 Å². The Morgan fingerprint density at radius 3 is 2.70 bits per heavy atom. The van der Waals surface area contributed by atoms with Crippen LogP contribution >= 0.6 is 11.8 Å². The van der Waals surface area contributed by atoms with E-state index < -0.39 is 5.97 Å². The first-order valence-corrected chi connectivity index (χ1v) is 7.62. The summed E-state index contributed by atoms with van der Waals surface area (Å²) in [4.78, 5) is 21.4. The minimum absolute atomic E-state index is 0.0237. The monoisotopic (exact) mass is 298 g/mol. The standard InChI is InChI=1S/C12H18N4O3S/c13-9(17)3-1-2-6-16-11(8-4-5-8)14-15-12(16)20-7-10(18)19/h8H,1-7H2,(H2,13,17)(H,18,19).